The Bertz CT molecular complexity index is 492. The quantitative estimate of drug-likeness (QED) is 0.623. The molecule has 1 aromatic rings. The number of nitro benzene ring substituents is 1. The lowest BCUT2D eigenvalue weighted by atomic mass is 9.94. The first-order valence-corrected chi connectivity index (χ1v) is 4.90. The number of phenolic OH excluding ortho intramolecular Hbond substituents is 1. The van der Waals surface area contributed by atoms with Crippen LogP contribution in [0.3, 0.4) is 0 Å². The number of nitrogens with zero attached hydrogens (tertiary/aromatic N) is 1. The summed E-state index contributed by atoms with van der Waals surface area (Å²) in [6.07, 6.45) is -0.418. The first-order valence-electron chi connectivity index (χ1n) is 4.90. The molecular weight excluding hydrogens is 234 g/mol. The smallest absolute Gasteiger partial charge is 0.310 e. The molecule has 1 aliphatic rings. The van der Waals surface area contributed by atoms with E-state index in [9.17, 15) is 24.0 Å². The van der Waals surface area contributed by atoms with Crippen LogP contribution >= 0.6 is 0 Å². The van der Waals surface area contributed by atoms with Gasteiger partial charge >= 0.3 is 5.69 Å². The molecule has 1 saturated carbocycles. The second-order valence-corrected chi connectivity index (χ2v) is 4.13. The van der Waals surface area contributed by atoms with Crippen LogP contribution in [0.2, 0.25) is 0 Å². The van der Waals surface area contributed by atoms with Gasteiger partial charge in [0.25, 0.3) is 5.92 Å². The summed E-state index contributed by atoms with van der Waals surface area (Å²) in [5.41, 5.74) is 3.31. The number of alkyl halides is 2. The molecule has 5 nitrogen and oxygen atoms in total. The number of benzene rings is 1. The van der Waals surface area contributed by atoms with Gasteiger partial charge in [0.05, 0.1) is 10.3 Å². The molecule has 0 spiro atoms. The molecule has 0 bridgehead atoms. The van der Waals surface area contributed by atoms with Crippen molar-refractivity contribution >= 4 is 5.69 Å². The van der Waals surface area contributed by atoms with E-state index in [2.05, 4.69) is 0 Å². The molecule has 0 aromatic heterocycles. The second kappa shape index (κ2) is 3.36. The molecule has 92 valence electrons. The van der Waals surface area contributed by atoms with Gasteiger partial charge < -0.3 is 10.8 Å². The number of phenols is 1. The van der Waals surface area contributed by atoms with Crippen molar-refractivity contribution in [1.82, 2.24) is 0 Å². The van der Waals surface area contributed by atoms with Crippen molar-refractivity contribution in [2.45, 2.75) is 17.8 Å². The normalized spacial score (nSPS) is 25.6. The van der Waals surface area contributed by atoms with Crippen LogP contribution < -0.4 is 5.73 Å². The minimum atomic E-state index is -2.94. The highest BCUT2D eigenvalue weighted by Gasteiger charge is 2.71. The van der Waals surface area contributed by atoms with E-state index in [-0.39, 0.29) is 12.1 Å². The summed E-state index contributed by atoms with van der Waals surface area (Å²) in [5.74, 6) is -3.48. The van der Waals surface area contributed by atoms with Gasteiger partial charge in [-0.25, -0.2) is 8.78 Å². The second-order valence-electron chi connectivity index (χ2n) is 4.13. The SMILES string of the molecule is NCC1(c2ccc(O)c([N+](=O)[O-])c2)CC1(F)F. The van der Waals surface area contributed by atoms with Crippen LogP contribution in [-0.4, -0.2) is 22.5 Å². The zero-order chi connectivity index (χ0) is 12.8. The lowest BCUT2D eigenvalue weighted by Gasteiger charge is -2.14. The van der Waals surface area contributed by atoms with E-state index in [1.807, 2.05) is 0 Å². The fourth-order valence-electron chi connectivity index (χ4n) is 1.95. The number of aromatic hydroxyl groups is 1. The Labute approximate surface area is 95.0 Å². The van der Waals surface area contributed by atoms with Gasteiger partial charge in [-0.15, -0.1) is 0 Å². The highest BCUT2D eigenvalue weighted by atomic mass is 19.3. The first kappa shape index (κ1) is 11.7. The van der Waals surface area contributed by atoms with Gasteiger partial charge in [-0.1, -0.05) is 6.07 Å². The average molecular weight is 244 g/mol. The average Bonchev–Trinajstić information content (AvgIpc) is 2.82. The largest absolute Gasteiger partial charge is 0.502 e. The molecule has 1 aromatic carbocycles. The zero-order valence-corrected chi connectivity index (χ0v) is 8.69. The summed E-state index contributed by atoms with van der Waals surface area (Å²) < 4.78 is 26.5. The number of nitro groups is 1. The molecule has 0 amide bonds. The van der Waals surface area contributed by atoms with E-state index in [1.54, 1.807) is 0 Å². The van der Waals surface area contributed by atoms with E-state index in [0.29, 0.717) is 0 Å². The van der Waals surface area contributed by atoms with E-state index >= 15 is 0 Å². The fourth-order valence-corrected chi connectivity index (χ4v) is 1.95. The van der Waals surface area contributed by atoms with Crippen molar-refractivity contribution in [3.63, 3.8) is 0 Å². The van der Waals surface area contributed by atoms with Crippen molar-refractivity contribution in [1.29, 1.82) is 0 Å². The Morgan fingerprint density at radius 3 is 2.53 bits per heavy atom. The number of hydrogen-bond donors (Lipinski definition) is 2. The van der Waals surface area contributed by atoms with Crippen LogP contribution in [0, 0.1) is 10.1 Å². The Morgan fingerprint density at radius 2 is 2.12 bits per heavy atom. The van der Waals surface area contributed by atoms with Crippen LogP contribution in [0.25, 0.3) is 0 Å². The fraction of sp³-hybridized carbons (Fsp3) is 0.400. The highest BCUT2D eigenvalue weighted by molar-refractivity contribution is 5.52. The Kier molecular flexibility index (Phi) is 2.32. The summed E-state index contributed by atoms with van der Waals surface area (Å²) in [7, 11) is 0. The van der Waals surface area contributed by atoms with Crippen molar-refractivity contribution in [3.8, 4) is 5.75 Å². The molecule has 2 rings (SSSR count). The number of nitrogens with two attached hydrogens (primary N) is 1. The Hall–Kier alpha value is -1.76. The number of halogens is 2. The topological polar surface area (TPSA) is 89.4 Å². The van der Waals surface area contributed by atoms with Gasteiger partial charge in [0.2, 0.25) is 0 Å². The Balaban J connectivity index is 2.48. The molecule has 1 aliphatic carbocycles. The van der Waals surface area contributed by atoms with Crippen LogP contribution in [-0.2, 0) is 5.41 Å². The minimum Gasteiger partial charge on any atom is -0.502 e. The summed E-state index contributed by atoms with van der Waals surface area (Å²) in [6, 6.07) is 3.25. The van der Waals surface area contributed by atoms with Gasteiger partial charge in [-0.3, -0.25) is 10.1 Å². The Morgan fingerprint density at radius 1 is 1.53 bits per heavy atom. The molecule has 1 unspecified atom stereocenters. The zero-order valence-electron chi connectivity index (χ0n) is 8.69. The third kappa shape index (κ3) is 1.54. The monoisotopic (exact) mass is 244 g/mol. The van der Waals surface area contributed by atoms with Gasteiger partial charge in [-0.05, 0) is 11.6 Å². The van der Waals surface area contributed by atoms with Crippen LogP contribution in [0.5, 0.6) is 5.75 Å². The maximum Gasteiger partial charge on any atom is 0.310 e. The molecule has 1 fully saturated rings. The summed E-state index contributed by atoms with van der Waals surface area (Å²) >= 11 is 0. The van der Waals surface area contributed by atoms with Gasteiger partial charge in [0.1, 0.15) is 0 Å². The number of rotatable bonds is 3. The van der Waals surface area contributed by atoms with E-state index < -0.39 is 34.1 Å². The van der Waals surface area contributed by atoms with Gasteiger partial charge in [0.15, 0.2) is 5.75 Å². The molecule has 7 heteroatoms. The first-order chi connectivity index (χ1) is 7.84. The predicted octanol–water partition coefficient (Wildman–Crippen LogP) is 1.54. The minimum absolute atomic E-state index is 0.0921. The molecular formula is C10H10F2N2O3. The molecule has 0 radical (unpaired) electrons. The van der Waals surface area contributed by atoms with Gasteiger partial charge in [0, 0.05) is 19.0 Å². The van der Waals surface area contributed by atoms with Crippen LogP contribution in [0.4, 0.5) is 14.5 Å². The summed E-state index contributed by atoms with van der Waals surface area (Å²) in [6.45, 7) is -0.290. The summed E-state index contributed by atoms with van der Waals surface area (Å²) in [4.78, 5) is 9.78. The summed E-state index contributed by atoms with van der Waals surface area (Å²) in [5, 5.41) is 19.8. The van der Waals surface area contributed by atoms with Crippen LogP contribution in [0.15, 0.2) is 18.2 Å². The van der Waals surface area contributed by atoms with Crippen molar-refractivity contribution < 1.29 is 18.8 Å². The standard InChI is InChI=1S/C10H10F2N2O3/c11-10(12)4-9(10,5-13)6-1-2-8(15)7(3-6)14(16)17/h1-3,15H,4-5,13H2. The van der Waals surface area contributed by atoms with E-state index in [1.165, 1.54) is 6.07 Å². The molecule has 1 atom stereocenters. The molecule has 0 saturated heterocycles. The molecule has 0 aliphatic heterocycles. The maximum absolute atomic E-state index is 13.3. The highest BCUT2D eigenvalue weighted by Crippen LogP contribution is 2.61. The third-order valence-corrected chi connectivity index (χ3v) is 3.17. The number of hydrogen-bond acceptors (Lipinski definition) is 4. The molecule has 17 heavy (non-hydrogen) atoms. The van der Waals surface area contributed by atoms with Crippen LogP contribution in [0.1, 0.15) is 12.0 Å². The lowest BCUT2D eigenvalue weighted by molar-refractivity contribution is -0.386. The third-order valence-electron chi connectivity index (χ3n) is 3.17. The predicted molar refractivity (Wildman–Crippen MR) is 55.1 cm³/mol. The molecule has 0 heterocycles. The maximum atomic E-state index is 13.3. The molecule has 3 N–H and O–H groups in total. The lowest BCUT2D eigenvalue weighted by Crippen LogP contribution is -2.26. The van der Waals surface area contributed by atoms with Crippen molar-refractivity contribution in [3.05, 3.63) is 33.9 Å². The van der Waals surface area contributed by atoms with Crippen molar-refractivity contribution in [2.75, 3.05) is 6.54 Å². The van der Waals surface area contributed by atoms with E-state index in [4.69, 9.17) is 5.73 Å². The van der Waals surface area contributed by atoms with Crippen molar-refractivity contribution in [2.24, 2.45) is 5.73 Å². The van der Waals surface area contributed by atoms with Gasteiger partial charge in [-0.2, -0.15) is 0 Å². The van der Waals surface area contributed by atoms with E-state index in [0.717, 1.165) is 12.1 Å².